The monoisotopic (exact) mass is 254 g/mol. The lowest BCUT2D eigenvalue weighted by atomic mass is 10.3. The highest BCUT2D eigenvalue weighted by Crippen LogP contribution is 2.16. The highest BCUT2D eigenvalue weighted by Gasteiger charge is 1.96. The molecule has 2 nitrogen and oxygen atoms in total. The van der Waals surface area contributed by atoms with Crippen LogP contribution < -0.4 is 5.32 Å². The molecule has 0 saturated carbocycles. The topological polar surface area (TPSA) is 24.9 Å². The van der Waals surface area contributed by atoms with E-state index in [1.165, 1.54) is 11.1 Å². The molecule has 76 valence electrons. The Balaban J connectivity index is 2.60. The molecule has 0 radical (unpaired) electrons. The number of hydrogen-bond acceptors (Lipinski definition) is 2. The number of halogens is 1. The molecule has 1 rings (SSSR count). The molecular weight excluding hydrogens is 240 g/mol. The molecule has 0 spiro atoms. The van der Waals surface area contributed by atoms with Crippen LogP contribution >= 0.6 is 15.9 Å². The Morgan fingerprint density at radius 1 is 1.57 bits per heavy atom. The van der Waals surface area contributed by atoms with E-state index in [0.717, 1.165) is 16.8 Å². The SMILES string of the molecule is CC(C)=CCNc1cc(C)c(Br)cn1. The van der Waals surface area contributed by atoms with Crippen molar-refractivity contribution in [3.05, 3.63) is 33.9 Å². The number of allylic oxidation sites excluding steroid dienone is 1. The van der Waals surface area contributed by atoms with Gasteiger partial charge in [-0.3, -0.25) is 0 Å². The van der Waals surface area contributed by atoms with E-state index in [1.807, 2.05) is 12.3 Å². The van der Waals surface area contributed by atoms with Gasteiger partial charge >= 0.3 is 0 Å². The van der Waals surface area contributed by atoms with Gasteiger partial charge in [0.05, 0.1) is 0 Å². The number of nitrogens with one attached hydrogen (secondary N) is 1. The van der Waals surface area contributed by atoms with E-state index >= 15 is 0 Å². The van der Waals surface area contributed by atoms with Gasteiger partial charge in [-0.25, -0.2) is 4.98 Å². The first-order chi connectivity index (χ1) is 6.59. The number of aryl methyl sites for hydroxylation is 1. The molecule has 1 aromatic rings. The summed E-state index contributed by atoms with van der Waals surface area (Å²) in [6.07, 6.45) is 3.96. The van der Waals surface area contributed by atoms with E-state index in [4.69, 9.17) is 0 Å². The Labute approximate surface area is 93.6 Å². The summed E-state index contributed by atoms with van der Waals surface area (Å²) >= 11 is 3.42. The summed E-state index contributed by atoms with van der Waals surface area (Å²) < 4.78 is 1.05. The van der Waals surface area contributed by atoms with Crippen LogP contribution in [0.4, 0.5) is 5.82 Å². The largest absolute Gasteiger partial charge is 0.367 e. The Morgan fingerprint density at radius 2 is 2.29 bits per heavy atom. The molecule has 1 aromatic heterocycles. The minimum Gasteiger partial charge on any atom is -0.367 e. The fraction of sp³-hybridized carbons (Fsp3) is 0.364. The predicted molar refractivity (Wildman–Crippen MR) is 64.6 cm³/mol. The smallest absolute Gasteiger partial charge is 0.126 e. The van der Waals surface area contributed by atoms with Crippen LogP contribution in [0.3, 0.4) is 0 Å². The van der Waals surface area contributed by atoms with Crippen molar-refractivity contribution in [2.24, 2.45) is 0 Å². The zero-order chi connectivity index (χ0) is 10.6. The summed E-state index contributed by atoms with van der Waals surface area (Å²) in [7, 11) is 0. The molecule has 0 aromatic carbocycles. The lowest BCUT2D eigenvalue weighted by Crippen LogP contribution is -2.01. The molecule has 14 heavy (non-hydrogen) atoms. The maximum Gasteiger partial charge on any atom is 0.126 e. The van der Waals surface area contributed by atoms with Gasteiger partial charge < -0.3 is 5.32 Å². The third-order valence-electron chi connectivity index (χ3n) is 1.84. The van der Waals surface area contributed by atoms with Gasteiger partial charge in [0.15, 0.2) is 0 Å². The van der Waals surface area contributed by atoms with Crippen molar-refractivity contribution in [3.8, 4) is 0 Å². The Morgan fingerprint density at radius 3 is 2.86 bits per heavy atom. The Bertz CT molecular complexity index is 341. The van der Waals surface area contributed by atoms with Gasteiger partial charge in [-0.15, -0.1) is 0 Å². The number of rotatable bonds is 3. The summed E-state index contributed by atoms with van der Waals surface area (Å²) in [5.41, 5.74) is 2.51. The molecule has 1 N–H and O–H groups in total. The van der Waals surface area contributed by atoms with Crippen LogP contribution in [-0.2, 0) is 0 Å². The minimum absolute atomic E-state index is 0.830. The quantitative estimate of drug-likeness (QED) is 0.836. The average molecular weight is 255 g/mol. The van der Waals surface area contributed by atoms with Gasteiger partial charge in [-0.05, 0) is 48.3 Å². The molecule has 0 aliphatic rings. The third kappa shape index (κ3) is 3.50. The number of anilines is 1. The Hall–Kier alpha value is -0.830. The molecule has 3 heteroatoms. The van der Waals surface area contributed by atoms with Crippen LogP contribution in [0.2, 0.25) is 0 Å². The third-order valence-corrected chi connectivity index (χ3v) is 2.67. The normalized spacial score (nSPS) is 9.71. The molecule has 1 heterocycles. The zero-order valence-electron chi connectivity index (χ0n) is 8.76. The van der Waals surface area contributed by atoms with E-state index < -0.39 is 0 Å². The molecule has 0 amide bonds. The van der Waals surface area contributed by atoms with Gasteiger partial charge in [0.2, 0.25) is 0 Å². The molecule has 0 bridgehead atoms. The maximum absolute atomic E-state index is 4.25. The van der Waals surface area contributed by atoms with Crippen LogP contribution in [0.15, 0.2) is 28.4 Å². The summed E-state index contributed by atoms with van der Waals surface area (Å²) in [5.74, 6) is 0.920. The second-order valence-corrected chi connectivity index (χ2v) is 4.34. The lowest BCUT2D eigenvalue weighted by molar-refractivity contribution is 1.18. The highest BCUT2D eigenvalue weighted by atomic mass is 79.9. The molecule has 0 aliphatic carbocycles. The van der Waals surface area contributed by atoms with Crippen molar-refractivity contribution in [2.45, 2.75) is 20.8 Å². The van der Waals surface area contributed by atoms with Crippen LogP contribution in [0.1, 0.15) is 19.4 Å². The van der Waals surface area contributed by atoms with Crippen molar-refractivity contribution in [2.75, 3.05) is 11.9 Å². The van der Waals surface area contributed by atoms with Crippen molar-refractivity contribution in [1.82, 2.24) is 4.98 Å². The fourth-order valence-electron chi connectivity index (χ4n) is 0.996. The van der Waals surface area contributed by atoms with Gasteiger partial charge in [-0.2, -0.15) is 0 Å². The number of aromatic nitrogens is 1. The number of hydrogen-bond donors (Lipinski definition) is 1. The van der Waals surface area contributed by atoms with E-state index in [-0.39, 0.29) is 0 Å². The van der Waals surface area contributed by atoms with Gasteiger partial charge in [0, 0.05) is 17.2 Å². The first-order valence-corrected chi connectivity index (χ1v) is 5.38. The predicted octanol–water partition coefficient (Wildman–Crippen LogP) is 3.53. The highest BCUT2D eigenvalue weighted by molar-refractivity contribution is 9.10. The van der Waals surface area contributed by atoms with Gasteiger partial charge in [0.25, 0.3) is 0 Å². The Kier molecular flexibility index (Phi) is 4.14. The van der Waals surface area contributed by atoms with Gasteiger partial charge in [0.1, 0.15) is 5.82 Å². The van der Waals surface area contributed by atoms with E-state index in [2.05, 4.69) is 53.1 Å². The van der Waals surface area contributed by atoms with Crippen LogP contribution in [0.25, 0.3) is 0 Å². The zero-order valence-corrected chi connectivity index (χ0v) is 10.4. The first kappa shape index (κ1) is 11.2. The number of nitrogens with zero attached hydrogens (tertiary/aromatic N) is 1. The maximum atomic E-state index is 4.25. The van der Waals surface area contributed by atoms with Crippen LogP contribution in [-0.4, -0.2) is 11.5 Å². The van der Waals surface area contributed by atoms with Gasteiger partial charge in [-0.1, -0.05) is 11.6 Å². The van der Waals surface area contributed by atoms with Crippen LogP contribution in [0.5, 0.6) is 0 Å². The second-order valence-electron chi connectivity index (χ2n) is 3.48. The summed E-state index contributed by atoms with van der Waals surface area (Å²) in [5, 5.41) is 3.24. The van der Waals surface area contributed by atoms with Crippen molar-refractivity contribution in [1.29, 1.82) is 0 Å². The first-order valence-electron chi connectivity index (χ1n) is 4.59. The van der Waals surface area contributed by atoms with Crippen molar-refractivity contribution < 1.29 is 0 Å². The van der Waals surface area contributed by atoms with E-state index in [0.29, 0.717) is 0 Å². The second kappa shape index (κ2) is 5.15. The molecule has 0 unspecified atom stereocenters. The molecule has 0 saturated heterocycles. The molecule has 0 atom stereocenters. The molecule has 0 aliphatic heterocycles. The standard InChI is InChI=1S/C11H15BrN2/c1-8(2)4-5-13-11-6-9(3)10(12)7-14-11/h4,6-7H,5H2,1-3H3,(H,13,14). The van der Waals surface area contributed by atoms with Crippen LogP contribution in [0, 0.1) is 6.92 Å². The molecule has 0 fully saturated rings. The summed E-state index contributed by atoms with van der Waals surface area (Å²) in [4.78, 5) is 4.25. The average Bonchev–Trinajstić information content (AvgIpc) is 2.10. The lowest BCUT2D eigenvalue weighted by Gasteiger charge is -2.04. The van der Waals surface area contributed by atoms with Crippen molar-refractivity contribution in [3.63, 3.8) is 0 Å². The summed E-state index contributed by atoms with van der Waals surface area (Å²) in [6.45, 7) is 7.05. The minimum atomic E-state index is 0.830. The molecular formula is C11H15BrN2. The summed E-state index contributed by atoms with van der Waals surface area (Å²) in [6, 6.07) is 2.03. The number of pyridine rings is 1. The van der Waals surface area contributed by atoms with E-state index in [9.17, 15) is 0 Å². The fourth-order valence-corrected chi connectivity index (χ4v) is 1.21. The van der Waals surface area contributed by atoms with E-state index in [1.54, 1.807) is 0 Å². The van der Waals surface area contributed by atoms with Crippen molar-refractivity contribution >= 4 is 21.7 Å².